The highest BCUT2D eigenvalue weighted by Crippen LogP contribution is 2.25. The normalized spacial score (nSPS) is 11.4. The Hall–Kier alpha value is -1.52. The molecule has 0 N–H and O–H groups in total. The van der Waals surface area contributed by atoms with Gasteiger partial charge in [0.1, 0.15) is 5.56 Å². The van der Waals surface area contributed by atoms with Crippen LogP contribution in [0.15, 0.2) is 35.8 Å². The molecule has 1 rings (SSSR count). The Kier molecular flexibility index (Phi) is 2.78. The van der Waals surface area contributed by atoms with E-state index in [1.807, 2.05) is 0 Å². The summed E-state index contributed by atoms with van der Waals surface area (Å²) in [6.45, 7) is 3.42. The third-order valence-electron chi connectivity index (χ3n) is 1.65. The molecule has 0 atom stereocenters. The first kappa shape index (κ1) is 10.6. The van der Waals surface area contributed by atoms with Gasteiger partial charge in [-0.3, -0.25) is 4.79 Å². The molecule has 0 radical (unpaired) electrons. The fourth-order valence-electron chi connectivity index (χ4n) is 1.04. The first-order valence-electron chi connectivity index (χ1n) is 3.84. The van der Waals surface area contributed by atoms with Crippen LogP contribution in [0.4, 0.5) is 13.2 Å². The molecule has 1 aromatic rings. The van der Waals surface area contributed by atoms with Crippen molar-refractivity contribution in [3.05, 3.63) is 46.9 Å². The molecule has 0 aromatic carbocycles. The minimum atomic E-state index is -4.60. The zero-order valence-electron chi connectivity index (χ0n) is 7.21. The van der Waals surface area contributed by atoms with Crippen molar-refractivity contribution in [2.75, 3.05) is 0 Å². The monoisotopic (exact) mass is 203 g/mol. The molecule has 0 fully saturated rings. The molecule has 0 bridgehead atoms. The Morgan fingerprint density at radius 1 is 1.50 bits per heavy atom. The number of hydrogen-bond acceptors (Lipinski definition) is 1. The first-order valence-corrected chi connectivity index (χ1v) is 3.84. The maximum atomic E-state index is 12.2. The SMILES string of the molecule is C=CCn1cccc(C(F)(F)F)c1=O. The number of hydrogen-bond donors (Lipinski definition) is 0. The third kappa shape index (κ3) is 2.04. The van der Waals surface area contributed by atoms with Crippen LogP contribution < -0.4 is 5.56 Å². The summed E-state index contributed by atoms with van der Waals surface area (Å²) in [6.07, 6.45) is -1.94. The molecule has 0 saturated heterocycles. The molecule has 1 heterocycles. The van der Waals surface area contributed by atoms with Crippen LogP contribution in [0, 0.1) is 0 Å². The number of alkyl halides is 3. The van der Waals surface area contributed by atoms with Crippen molar-refractivity contribution in [2.24, 2.45) is 0 Å². The maximum Gasteiger partial charge on any atom is 0.421 e. The molecule has 76 valence electrons. The number of pyridine rings is 1. The van der Waals surface area contributed by atoms with Crippen LogP contribution in [0.25, 0.3) is 0 Å². The first-order chi connectivity index (χ1) is 6.46. The largest absolute Gasteiger partial charge is 0.421 e. The summed E-state index contributed by atoms with van der Waals surface area (Å²) in [5.41, 5.74) is -2.19. The number of nitrogens with zero attached hydrogens (tertiary/aromatic N) is 1. The Morgan fingerprint density at radius 3 is 2.64 bits per heavy atom. The van der Waals surface area contributed by atoms with Crippen LogP contribution in [-0.2, 0) is 12.7 Å². The van der Waals surface area contributed by atoms with Gasteiger partial charge < -0.3 is 4.57 Å². The molecule has 0 amide bonds. The average Bonchev–Trinajstić information content (AvgIpc) is 2.07. The molecule has 0 aliphatic rings. The molecule has 0 unspecified atom stereocenters. The summed E-state index contributed by atoms with van der Waals surface area (Å²) >= 11 is 0. The topological polar surface area (TPSA) is 22.0 Å². The van der Waals surface area contributed by atoms with Gasteiger partial charge in [-0.25, -0.2) is 0 Å². The molecule has 14 heavy (non-hydrogen) atoms. The molecule has 1 aromatic heterocycles. The molecule has 0 aliphatic heterocycles. The van der Waals surface area contributed by atoms with E-state index < -0.39 is 17.3 Å². The van der Waals surface area contributed by atoms with Gasteiger partial charge in [-0.2, -0.15) is 13.2 Å². The van der Waals surface area contributed by atoms with Crippen molar-refractivity contribution in [2.45, 2.75) is 12.7 Å². The minimum Gasteiger partial charge on any atom is -0.311 e. The second kappa shape index (κ2) is 3.69. The van der Waals surface area contributed by atoms with Crippen LogP contribution in [0.1, 0.15) is 5.56 Å². The van der Waals surface area contributed by atoms with E-state index in [-0.39, 0.29) is 6.54 Å². The van der Waals surface area contributed by atoms with Crippen molar-refractivity contribution in [3.63, 3.8) is 0 Å². The fraction of sp³-hybridized carbons (Fsp3) is 0.222. The lowest BCUT2D eigenvalue weighted by Gasteiger charge is -2.08. The van der Waals surface area contributed by atoms with E-state index >= 15 is 0 Å². The van der Waals surface area contributed by atoms with E-state index in [2.05, 4.69) is 6.58 Å². The van der Waals surface area contributed by atoms with E-state index in [9.17, 15) is 18.0 Å². The van der Waals surface area contributed by atoms with Crippen LogP contribution in [-0.4, -0.2) is 4.57 Å². The highest BCUT2D eigenvalue weighted by Gasteiger charge is 2.33. The molecule has 5 heteroatoms. The zero-order chi connectivity index (χ0) is 10.8. The Balaban J connectivity index is 3.28. The van der Waals surface area contributed by atoms with Crippen LogP contribution >= 0.6 is 0 Å². The van der Waals surface area contributed by atoms with Crippen molar-refractivity contribution < 1.29 is 13.2 Å². The van der Waals surface area contributed by atoms with Crippen LogP contribution in [0.3, 0.4) is 0 Å². The average molecular weight is 203 g/mol. The Bertz CT molecular complexity index is 392. The number of aromatic nitrogens is 1. The predicted molar refractivity (Wildman–Crippen MR) is 45.9 cm³/mol. The molecule has 0 spiro atoms. The van der Waals surface area contributed by atoms with Gasteiger partial charge in [0.25, 0.3) is 5.56 Å². The van der Waals surface area contributed by atoms with Gasteiger partial charge in [0.05, 0.1) is 0 Å². The van der Waals surface area contributed by atoms with E-state index in [4.69, 9.17) is 0 Å². The summed E-state index contributed by atoms with van der Waals surface area (Å²) in [5, 5.41) is 0. The number of halogens is 3. The minimum absolute atomic E-state index is 0.0722. The van der Waals surface area contributed by atoms with Crippen LogP contribution in [0.5, 0.6) is 0 Å². The molecular weight excluding hydrogens is 195 g/mol. The van der Waals surface area contributed by atoms with Gasteiger partial charge in [-0.1, -0.05) is 6.08 Å². The predicted octanol–water partition coefficient (Wildman–Crippen LogP) is 2.05. The van der Waals surface area contributed by atoms with Crippen molar-refractivity contribution in [3.8, 4) is 0 Å². The Labute approximate surface area is 78.3 Å². The van der Waals surface area contributed by atoms with Gasteiger partial charge >= 0.3 is 6.18 Å². The quantitative estimate of drug-likeness (QED) is 0.674. The van der Waals surface area contributed by atoms with Gasteiger partial charge in [-0.05, 0) is 12.1 Å². The van der Waals surface area contributed by atoms with Gasteiger partial charge in [0, 0.05) is 12.7 Å². The second-order valence-electron chi connectivity index (χ2n) is 2.67. The van der Waals surface area contributed by atoms with E-state index in [0.717, 1.165) is 10.6 Å². The van der Waals surface area contributed by atoms with Gasteiger partial charge in [0.2, 0.25) is 0 Å². The van der Waals surface area contributed by atoms with Crippen molar-refractivity contribution >= 4 is 0 Å². The highest BCUT2D eigenvalue weighted by molar-refractivity contribution is 5.14. The Morgan fingerprint density at radius 2 is 2.14 bits per heavy atom. The number of rotatable bonds is 2. The summed E-state index contributed by atoms with van der Waals surface area (Å²) in [4.78, 5) is 11.2. The van der Waals surface area contributed by atoms with Crippen LogP contribution in [0.2, 0.25) is 0 Å². The second-order valence-corrected chi connectivity index (χ2v) is 2.67. The van der Waals surface area contributed by atoms with Crippen molar-refractivity contribution in [1.82, 2.24) is 4.57 Å². The smallest absolute Gasteiger partial charge is 0.311 e. The summed E-state index contributed by atoms with van der Waals surface area (Å²) in [5.74, 6) is 0. The highest BCUT2D eigenvalue weighted by atomic mass is 19.4. The lowest BCUT2D eigenvalue weighted by Crippen LogP contribution is -2.27. The van der Waals surface area contributed by atoms with Gasteiger partial charge in [0.15, 0.2) is 0 Å². The molecule has 0 aliphatic carbocycles. The van der Waals surface area contributed by atoms with E-state index in [1.54, 1.807) is 0 Å². The molecule has 0 saturated carbocycles. The van der Waals surface area contributed by atoms with Crippen molar-refractivity contribution in [1.29, 1.82) is 0 Å². The maximum absolute atomic E-state index is 12.2. The van der Waals surface area contributed by atoms with E-state index in [0.29, 0.717) is 0 Å². The summed E-state index contributed by atoms with van der Waals surface area (Å²) in [6, 6.07) is 1.95. The molecule has 2 nitrogen and oxygen atoms in total. The lowest BCUT2D eigenvalue weighted by molar-refractivity contribution is -0.138. The third-order valence-corrected chi connectivity index (χ3v) is 1.65. The zero-order valence-corrected chi connectivity index (χ0v) is 7.21. The summed E-state index contributed by atoms with van der Waals surface area (Å²) < 4.78 is 37.6. The standard InChI is InChI=1S/C9H8F3NO/c1-2-5-13-6-3-4-7(8(13)14)9(10,11)12/h2-4,6H,1,5H2. The van der Waals surface area contributed by atoms with E-state index in [1.165, 1.54) is 18.3 Å². The molecular formula is C9H8F3NO. The van der Waals surface area contributed by atoms with Gasteiger partial charge in [-0.15, -0.1) is 6.58 Å². The summed E-state index contributed by atoms with van der Waals surface area (Å²) in [7, 11) is 0. The number of allylic oxidation sites excluding steroid dienone is 1. The fourth-order valence-corrected chi connectivity index (χ4v) is 1.04. The lowest BCUT2D eigenvalue weighted by atomic mass is 10.2.